The molecule has 0 saturated carbocycles. The maximum atomic E-state index is 11.9. The van der Waals surface area contributed by atoms with Gasteiger partial charge in [-0.2, -0.15) is 0 Å². The molecule has 0 atom stereocenters. The van der Waals surface area contributed by atoms with Gasteiger partial charge in [-0.15, -0.1) is 0 Å². The third-order valence-electron chi connectivity index (χ3n) is 4.30. The standard InChI is InChI=1S/C18H22ClN3O3S/c19-15-3-1-14(2-4-15)17-13-16(5-6-18(17)26(20,23)24)21-7-8-22-9-11-25-12-10-22/h1-6,13,21H,7-12H2,(H2,20,23,24). The predicted octanol–water partition coefficient (Wildman–Crippen LogP) is 2.40. The molecule has 26 heavy (non-hydrogen) atoms. The van der Waals surface area contributed by atoms with Crippen LogP contribution < -0.4 is 10.5 Å². The number of rotatable bonds is 6. The quantitative estimate of drug-likeness (QED) is 0.784. The second kappa shape index (κ2) is 8.37. The van der Waals surface area contributed by atoms with Gasteiger partial charge < -0.3 is 10.1 Å². The molecule has 8 heteroatoms. The van der Waals surface area contributed by atoms with Gasteiger partial charge in [-0.3, -0.25) is 4.90 Å². The van der Waals surface area contributed by atoms with Crippen molar-refractivity contribution < 1.29 is 13.2 Å². The molecule has 3 N–H and O–H groups in total. The van der Waals surface area contributed by atoms with Gasteiger partial charge in [0.25, 0.3) is 0 Å². The first kappa shape index (κ1) is 19.1. The monoisotopic (exact) mass is 395 g/mol. The molecule has 1 fully saturated rings. The van der Waals surface area contributed by atoms with E-state index < -0.39 is 10.0 Å². The van der Waals surface area contributed by atoms with Crippen molar-refractivity contribution in [3.8, 4) is 11.1 Å². The SMILES string of the molecule is NS(=O)(=O)c1ccc(NCCN2CCOCC2)cc1-c1ccc(Cl)cc1. The number of primary sulfonamides is 1. The number of anilines is 1. The molecular weight excluding hydrogens is 374 g/mol. The fraction of sp³-hybridized carbons (Fsp3) is 0.333. The number of nitrogens with zero attached hydrogens (tertiary/aromatic N) is 1. The highest BCUT2D eigenvalue weighted by Gasteiger charge is 2.16. The summed E-state index contributed by atoms with van der Waals surface area (Å²) in [5, 5.41) is 9.32. The van der Waals surface area contributed by atoms with Crippen molar-refractivity contribution in [2.24, 2.45) is 5.14 Å². The van der Waals surface area contributed by atoms with Gasteiger partial charge in [-0.25, -0.2) is 13.6 Å². The van der Waals surface area contributed by atoms with Crippen LogP contribution in [-0.2, 0) is 14.8 Å². The fourth-order valence-electron chi connectivity index (χ4n) is 2.93. The Morgan fingerprint density at radius 2 is 1.81 bits per heavy atom. The van der Waals surface area contributed by atoms with E-state index in [-0.39, 0.29) is 4.90 Å². The van der Waals surface area contributed by atoms with Crippen LogP contribution in [0.4, 0.5) is 5.69 Å². The predicted molar refractivity (Wildman–Crippen MR) is 104 cm³/mol. The Labute approximate surface area is 158 Å². The van der Waals surface area contributed by atoms with Crippen LogP contribution in [0.15, 0.2) is 47.4 Å². The molecule has 0 unspecified atom stereocenters. The molecule has 3 rings (SSSR count). The average molecular weight is 396 g/mol. The van der Waals surface area contributed by atoms with Crippen LogP contribution in [0.5, 0.6) is 0 Å². The molecule has 6 nitrogen and oxygen atoms in total. The summed E-state index contributed by atoms with van der Waals surface area (Å²) in [6.45, 7) is 5.06. The van der Waals surface area contributed by atoms with E-state index in [0.29, 0.717) is 10.6 Å². The van der Waals surface area contributed by atoms with Crippen LogP contribution in [0, 0.1) is 0 Å². The van der Waals surface area contributed by atoms with Gasteiger partial charge in [0.05, 0.1) is 18.1 Å². The van der Waals surface area contributed by atoms with Crippen LogP contribution in [0.1, 0.15) is 0 Å². The lowest BCUT2D eigenvalue weighted by atomic mass is 10.1. The summed E-state index contributed by atoms with van der Waals surface area (Å²) in [4.78, 5) is 2.42. The van der Waals surface area contributed by atoms with E-state index in [0.717, 1.165) is 50.6 Å². The van der Waals surface area contributed by atoms with E-state index >= 15 is 0 Å². The lowest BCUT2D eigenvalue weighted by Crippen LogP contribution is -2.39. The lowest BCUT2D eigenvalue weighted by molar-refractivity contribution is 0.0398. The summed E-state index contributed by atoms with van der Waals surface area (Å²) >= 11 is 5.93. The smallest absolute Gasteiger partial charge is 0.238 e. The Balaban J connectivity index is 1.79. The number of nitrogens with one attached hydrogen (secondary N) is 1. The summed E-state index contributed by atoms with van der Waals surface area (Å²) in [5.74, 6) is 0. The van der Waals surface area contributed by atoms with E-state index in [1.165, 1.54) is 6.07 Å². The number of benzene rings is 2. The number of ether oxygens (including phenoxy) is 1. The first-order valence-electron chi connectivity index (χ1n) is 8.40. The summed E-state index contributed by atoms with van der Waals surface area (Å²) in [7, 11) is -3.83. The van der Waals surface area contributed by atoms with Crippen LogP contribution in [0.2, 0.25) is 5.02 Å². The molecule has 1 aliphatic rings. The Morgan fingerprint density at radius 1 is 1.12 bits per heavy atom. The van der Waals surface area contributed by atoms with Gasteiger partial charge in [0.1, 0.15) is 0 Å². The van der Waals surface area contributed by atoms with Gasteiger partial charge in [0.15, 0.2) is 0 Å². The number of halogens is 1. The number of sulfonamides is 1. The van der Waals surface area contributed by atoms with Crippen molar-refractivity contribution in [1.82, 2.24) is 4.90 Å². The van der Waals surface area contributed by atoms with E-state index in [4.69, 9.17) is 21.5 Å². The molecule has 0 radical (unpaired) electrons. The van der Waals surface area contributed by atoms with Crippen molar-refractivity contribution in [3.05, 3.63) is 47.5 Å². The Kier molecular flexibility index (Phi) is 6.16. The van der Waals surface area contributed by atoms with Gasteiger partial charge in [-0.1, -0.05) is 23.7 Å². The highest BCUT2D eigenvalue weighted by Crippen LogP contribution is 2.30. The Morgan fingerprint density at radius 3 is 2.46 bits per heavy atom. The Bertz CT molecular complexity index is 850. The molecular formula is C18H22ClN3O3S. The van der Waals surface area contributed by atoms with E-state index in [1.54, 1.807) is 30.3 Å². The summed E-state index contributed by atoms with van der Waals surface area (Å²) in [6.07, 6.45) is 0. The maximum absolute atomic E-state index is 11.9. The molecule has 0 spiro atoms. The second-order valence-corrected chi connectivity index (χ2v) is 8.11. The lowest BCUT2D eigenvalue weighted by Gasteiger charge is -2.26. The normalized spacial score (nSPS) is 15.8. The summed E-state index contributed by atoms with van der Waals surface area (Å²) < 4.78 is 29.2. The third-order valence-corrected chi connectivity index (χ3v) is 5.52. The Hall–Kier alpha value is -1.64. The zero-order valence-electron chi connectivity index (χ0n) is 14.3. The van der Waals surface area contributed by atoms with Crippen molar-refractivity contribution in [2.75, 3.05) is 44.7 Å². The van der Waals surface area contributed by atoms with Gasteiger partial charge in [-0.05, 0) is 35.9 Å². The van der Waals surface area contributed by atoms with E-state index in [1.807, 2.05) is 6.07 Å². The molecule has 0 amide bonds. The minimum Gasteiger partial charge on any atom is -0.384 e. The third kappa shape index (κ3) is 4.96. The molecule has 1 heterocycles. The summed E-state index contributed by atoms with van der Waals surface area (Å²) in [6, 6.07) is 12.1. The zero-order chi connectivity index (χ0) is 18.6. The van der Waals surface area contributed by atoms with Crippen LogP contribution in [0.25, 0.3) is 11.1 Å². The highest BCUT2D eigenvalue weighted by atomic mass is 35.5. The molecule has 140 valence electrons. The van der Waals surface area contributed by atoms with E-state index in [2.05, 4.69) is 10.2 Å². The van der Waals surface area contributed by atoms with Crippen LogP contribution in [-0.4, -0.2) is 52.7 Å². The second-order valence-electron chi connectivity index (χ2n) is 6.14. The van der Waals surface area contributed by atoms with Crippen molar-refractivity contribution in [2.45, 2.75) is 4.90 Å². The van der Waals surface area contributed by atoms with Crippen molar-refractivity contribution >= 4 is 27.3 Å². The minimum absolute atomic E-state index is 0.0959. The van der Waals surface area contributed by atoms with Gasteiger partial charge >= 0.3 is 0 Å². The largest absolute Gasteiger partial charge is 0.384 e. The number of morpholine rings is 1. The minimum atomic E-state index is -3.83. The first-order chi connectivity index (χ1) is 12.4. The number of hydrogen-bond donors (Lipinski definition) is 2. The molecule has 1 aliphatic heterocycles. The van der Waals surface area contributed by atoms with E-state index in [9.17, 15) is 8.42 Å². The maximum Gasteiger partial charge on any atom is 0.238 e. The molecule has 0 aromatic heterocycles. The topological polar surface area (TPSA) is 84.7 Å². The molecule has 0 bridgehead atoms. The molecule has 1 saturated heterocycles. The van der Waals surface area contributed by atoms with Crippen molar-refractivity contribution in [3.63, 3.8) is 0 Å². The first-order valence-corrected chi connectivity index (χ1v) is 10.3. The number of hydrogen-bond acceptors (Lipinski definition) is 5. The van der Waals surface area contributed by atoms with Gasteiger partial charge in [0, 0.05) is 42.5 Å². The van der Waals surface area contributed by atoms with Gasteiger partial charge in [0.2, 0.25) is 10.0 Å². The fourth-order valence-corrected chi connectivity index (χ4v) is 3.79. The van der Waals surface area contributed by atoms with Crippen molar-refractivity contribution in [1.29, 1.82) is 0 Å². The highest BCUT2D eigenvalue weighted by molar-refractivity contribution is 7.89. The zero-order valence-corrected chi connectivity index (χ0v) is 15.9. The van der Waals surface area contributed by atoms with Crippen LogP contribution >= 0.6 is 11.6 Å². The molecule has 0 aliphatic carbocycles. The molecule has 2 aromatic rings. The van der Waals surface area contributed by atoms with Crippen LogP contribution in [0.3, 0.4) is 0 Å². The number of nitrogens with two attached hydrogens (primary N) is 1. The summed E-state index contributed by atoms with van der Waals surface area (Å²) in [5.41, 5.74) is 2.14. The average Bonchev–Trinajstić information content (AvgIpc) is 2.62. The molecule has 2 aromatic carbocycles.